The molecule has 2 aliphatic rings. The quantitative estimate of drug-likeness (QED) is 0.843. The molecule has 2 aliphatic heterocycles. The van der Waals surface area contributed by atoms with Crippen LogP contribution in [0.15, 0.2) is 4.52 Å². The Morgan fingerprint density at radius 2 is 2.04 bits per heavy atom. The number of amides is 3. The number of hydrogen-bond acceptors (Lipinski definition) is 5. The summed E-state index contributed by atoms with van der Waals surface area (Å²) in [6.45, 7) is 7.15. The second kappa shape index (κ2) is 6.16. The second-order valence-corrected chi connectivity index (χ2v) is 7.60. The first-order chi connectivity index (χ1) is 11.7. The highest BCUT2D eigenvalue weighted by Crippen LogP contribution is 2.29. The Morgan fingerprint density at radius 3 is 2.64 bits per heavy atom. The predicted molar refractivity (Wildman–Crippen MR) is 88.6 cm³/mol. The molecule has 1 aromatic heterocycles. The van der Waals surface area contributed by atoms with Gasteiger partial charge in [0, 0.05) is 44.1 Å². The molecule has 1 N–H and O–H groups in total. The van der Waals surface area contributed by atoms with Crippen molar-refractivity contribution >= 4 is 17.7 Å². The van der Waals surface area contributed by atoms with Crippen molar-refractivity contribution in [3.63, 3.8) is 0 Å². The molecule has 1 aromatic rings. The maximum Gasteiger partial charge on any atom is 0.273 e. The number of fused-ring (bicyclic) bond motifs is 1. The van der Waals surface area contributed by atoms with Gasteiger partial charge in [0.25, 0.3) is 5.91 Å². The SMILES string of the molecule is CNC(=O)c1noc2c1CN(C(=O)C1CC(=O)N(C(C)(C)C)C1)CC2. The van der Waals surface area contributed by atoms with E-state index in [4.69, 9.17) is 4.52 Å². The zero-order valence-electron chi connectivity index (χ0n) is 15.1. The molecule has 1 saturated heterocycles. The summed E-state index contributed by atoms with van der Waals surface area (Å²) in [6.07, 6.45) is 0.764. The van der Waals surface area contributed by atoms with Crippen LogP contribution >= 0.6 is 0 Å². The Kier molecular flexibility index (Phi) is 4.30. The Morgan fingerprint density at radius 1 is 1.32 bits per heavy atom. The van der Waals surface area contributed by atoms with Crippen LogP contribution in [0.2, 0.25) is 0 Å². The lowest BCUT2D eigenvalue weighted by atomic mass is 10.0. The third-order valence-corrected chi connectivity index (χ3v) is 4.87. The minimum absolute atomic E-state index is 0.0135. The molecular weight excluding hydrogens is 324 g/mol. The zero-order valence-corrected chi connectivity index (χ0v) is 15.1. The highest BCUT2D eigenvalue weighted by Gasteiger charge is 2.42. The van der Waals surface area contributed by atoms with Gasteiger partial charge in [0.2, 0.25) is 11.8 Å². The lowest BCUT2D eigenvalue weighted by Gasteiger charge is -2.33. The summed E-state index contributed by atoms with van der Waals surface area (Å²) in [4.78, 5) is 40.5. The van der Waals surface area contributed by atoms with Crippen LogP contribution in [0.3, 0.4) is 0 Å². The maximum atomic E-state index is 12.9. The van der Waals surface area contributed by atoms with E-state index in [1.165, 1.54) is 7.05 Å². The third kappa shape index (κ3) is 3.12. The molecule has 3 heterocycles. The summed E-state index contributed by atoms with van der Waals surface area (Å²) < 4.78 is 5.23. The van der Waals surface area contributed by atoms with E-state index in [9.17, 15) is 14.4 Å². The van der Waals surface area contributed by atoms with Crippen LogP contribution in [0.25, 0.3) is 0 Å². The highest BCUT2D eigenvalue weighted by molar-refractivity contribution is 5.94. The number of nitrogens with one attached hydrogen (secondary N) is 1. The number of nitrogens with zero attached hydrogens (tertiary/aromatic N) is 3. The van der Waals surface area contributed by atoms with Crippen molar-refractivity contribution in [2.75, 3.05) is 20.1 Å². The topological polar surface area (TPSA) is 95.7 Å². The van der Waals surface area contributed by atoms with Crippen molar-refractivity contribution in [1.82, 2.24) is 20.3 Å². The van der Waals surface area contributed by atoms with Gasteiger partial charge in [0.05, 0.1) is 12.5 Å². The molecule has 0 aliphatic carbocycles. The van der Waals surface area contributed by atoms with Gasteiger partial charge in [-0.1, -0.05) is 5.16 Å². The van der Waals surface area contributed by atoms with Crippen molar-refractivity contribution in [2.45, 2.75) is 45.7 Å². The molecule has 3 rings (SSSR count). The lowest BCUT2D eigenvalue weighted by molar-refractivity contribution is -0.136. The fourth-order valence-corrected chi connectivity index (χ4v) is 3.47. The second-order valence-electron chi connectivity index (χ2n) is 7.60. The van der Waals surface area contributed by atoms with Gasteiger partial charge in [-0.3, -0.25) is 14.4 Å². The summed E-state index contributed by atoms with van der Waals surface area (Å²) in [5.74, 6) is -0.0401. The molecule has 136 valence electrons. The van der Waals surface area contributed by atoms with Crippen LogP contribution in [0.5, 0.6) is 0 Å². The monoisotopic (exact) mass is 348 g/mol. The van der Waals surface area contributed by atoms with Crippen LogP contribution in [0.1, 0.15) is 49.0 Å². The molecule has 1 atom stereocenters. The molecule has 0 radical (unpaired) electrons. The fraction of sp³-hybridized carbons (Fsp3) is 0.647. The largest absolute Gasteiger partial charge is 0.360 e. The summed E-state index contributed by atoms with van der Waals surface area (Å²) >= 11 is 0. The summed E-state index contributed by atoms with van der Waals surface area (Å²) in [5, 5.41) is 6.36. The molecule has 3 amide bonds. The van der Waals surface area contributed by atoms with Gasteiger partial charge in [0.15, 0.2) is 5.69 Å². The average Bonchev–Trinajstić information content (AvgIpc) is 3.16. The average molecular weight is 348 g/mol. The van der Waals surface area contributed by atoms with Crippen molar-refractivity contribution in [3.8, 4) is 0 Å². The normalized spacial score (nSPS) is 20.6. The van der Waals surface area contributed by atoms with Crippen molar-refractivity contribution < 1.29 is 18.9 Å². The highest BCUT2D eigenvalue weighted by atomic mass is 16.5. The molecule has 1 fully saturated rings. The molecule has 8 nitrogen and oxygen atoms in total. The lowest BCUT2D eigenvalue weighted by Crippen LogP contribution is -2.44. The van der Waals surface area contributed by atoms with Crippen LogP contribution < -0.4 is 5.32 Å². The standard InChI is InChI=1S/C17H24N4O4/c1-17(2,3)21-8-10(7-13(21)22)16(24)20-6-5-12-11(9-20)14(19-25-12)15(23)18-4/h10H,5-9H2,1-4H3,(H,18,23). The third-order valence-electron chi connectivity index (χ3n) is 4.87. The van der Waals surface area contributed by atoms with E-state index in [1.54, 1.807) is 9.80 Å². The van der Waals surface area contributed by atoms with Gasteiger partial charge < -0.3 is 19.6 Å². The van der Waals surface area contributed by atoms with Crippen LogP contribution in [0.4, 0.5) is 0 Å². The van der Waals surface area contributed by atoms with Crippen molar-refractivity contribution in [2.24, 2.45) is 5.92 Å². The first-order valence-electron chi connectivity index (χ1n) is 8.51. The Hall–Kier alpha value is -2.38. The summed E-state index contributed by atoms with van der Waals surface area (Å²) in [7, 11) is 1.53. The molecule has 0 saturated carbocycles. The molecule has 8 heteroatoms. The Balaban J connectivity index is 1.74. The van der Waals surface area contributed by atoms with Crippen LogP contribution in [0, 0.1) is 5.92 Å². The van der Waals surface area contributed by atoms with Gasteiger partial charge in [-0.2, -0.15) is 0 Å². The van der Waals surface area contributed by atoms with E-state index in [0.717, 1.165) is 0 Å². The molecule has 0 aromatic carbocycles. The van der Waals surface area contributed by atoms with E-state index < -0.39 is 0 Å². The van der Waals surface area contributed by atoms with Gasteiger partial charge in [0.1, 0.15) is 5.76 Å². The molecule has 0 bridgehead atoms. The first-order valence-corrected chi connectivity index (χ1v) is 8.51. The van der Waals surface area contributed by atoms with Crippen molar-refractivity contribution in [1.29, 1.82) is 0 Å². The molecular formula is C17H24N4O4. The van der Waals surface area contributed by atoms with Crippen LogP contribution in [-0.2, 0) is 22.6 Å². The molecule has 0 spiro atoms. The van der Waals surface area contributed by atoms with Crippen LogP contribution in [-0.4, -0.2) is 58.4 Å². The zero-order chi connectivity index (χ0) is 18.4. The van der Waals surface area contributed by atoms with Gasteiger partial charge in [-0.05, 0) is 20.8 Å². The van der Waals surface area contributed by atoms with Gasteiger partial charge >= 0.3 is 0 Å². The Bertz CT molecular complexity index is 719. The van der Waals surface area contributed by atoms with E-state index in [-0.39, 0.29) is 41.3 Å². The number of carbonyl (C=O) groups is 3. The molecule has 25 heavy (non-hydrogen) atoms. The van der Waals surface area contributed by atoms with Gasteiger partial charge in [-0.25, -0.2) is 0 Å². The number of rotatable bonds is 2. The maximum absolute atomic E-state index is 12.9. The molecule has 1 unspecified atom stereocenters. The van der Waals surface area contributed by atoms with E-state index in [1.807, 2.05) is 20.8 Å². The predicted octanol–water partition coefficient (Wildman–Crippen LogP) is 0.566. The fourth-order valence-electron chi connectivity index (χ4n) is 3.47. The van der Waals surface area contributed by atoms with E-state index >= 15 is 0 Å². The summed E-state index contributed by atoms with van der Waals surface area (Å²) in [5.41, 5.74) is 0.604. The van der Waals surface area contributed by atoms with E-state index in [0.29, 0.717) is 37.4 Å². The van der Waals surface area contributed by atoms with Crippen molar-refractivity contribution in [3.05, 3.63) is 17.0 Å². The number of carbonyl (C=O) groups excluding carboxylic acids is 3. The van der Waals surface area contributed by atoms with Gasteiger partial charge in [-0.15, -0.1) is 0 Å². The smallest absolute Gasteiger partial charge is 0.273 e. The summed E-state index contributed by atoms with van der Waals surface area (Å²) in [6, 6.07) is 0. The number of hydrogen-bond donors (Lipinski definition) is 1. The minimum atomic E-state index is -0.336. The van der Waals surface area contributed by atoms with E-state index in [2.05, 4.69) is 10.5 Å². The number of likely N-dealkylation sites (tertiary alicyclic amines) is 1. The number of aromatic nitrogens is 1. The first kappa shape index (κ1) is 17.4. The minimum Gasteiger partial charge on any atom is -0.360 e. The Labute approximate surface area is 146 Å².